The Morgan fingerprint density at radius 2 is 1.65 bits per heavy atom. The van der Waals surface area contributed by atoms with Gasteiger partial charge in [-0.2, -0.15) is 0 Å². The predicted octanol–water partition coefficient (Wildman–Crippen LogP) is 2.98. The molecule has 1 aromatic heterocycles. The fraction of sp³-hybridized carbons (Fsp3) is 0. The summed E-state index contributed by atoms with van der Waals surface area (Å²) in [5.74, 6) is 0.974. The maximum Gasteiger partial charge on any atom is 0.175 e. The second-order valence-electron chi connectivity index (χ2n) is 4.80. The number of para-hydroxylation sites is 1. The normalized spacial score (nSPS) is 11.2. The molecule has 0 bridgehead atoms. The SMILES string of the molecule is NC(=NO)c1cnc(-c2ccccc2)nc1Nc1ccccc1. The van der Waals surface area contributed by atoms with Crippen LogP contribution in [0.5, 0.6) is 0 Å². The van der Waals surface area contributed by atoms with Crippen molar-refractivity contribution in [3.63, 3.8) is 0 Å². The van der Waals surface area contributed by atoms with E-state index in [1.54, 1.807) is 0 Å². The second kappa shape index (κ2) is 6.57. The number of aromatic nitrogens is 2. The molecule has 1 heterocycles. The maximum absolute atomic E-state index is 8.94. The van der Waals surface area contributed by atoms with Crippen LogP contribution in [-0.4, -0.2) is 21.0 Å². The van der Waals surface area contributed by atoms with Crippen molar-refractivity contribution in [3.05, 3.63) is 72.4 Å². The highest BCUT2D eigenvalue weighted by atomic mass is 16.4. The summed E-state index contributed by atoms with van der Waals surface area (Å²) in [6.45, 7) is 0. The van der Waals surface area contributed by atoms with E-state index in [1.807, 2.05) is 60.7 Å². The molecule has 0 amide bonds. The monoisotopic (exact) mass is 305 g/mol. The van der Waals surface area contributed by atoms with E-state index in [2.05, 4.69) is 20.4 Å². The molecule has 6 nitrogen and oxygen atoms in total. The number of nitrogens with one attached hydrogen (secondary N) is 1. The molecule has 4 N–H and O–H groups in total. The first kappa shape index (κ1) is 14.5. The first-order chi connectivity index (χ1) is 11.3. The van der Waals surface area contributed by atoms with Crippen LogP contribution in [0.2, 0.25) is 0 Å². The van der Waals surface area contributed by atoms with Crippen LogP contribution in [0.4, 0.5) is 11.5 Å². The van der Waals surface area contributed by atoms with Crippen molar-refractivity contribution in [1.29, 1.82) is 0 Å². The van der Waals surface area contributed by atoms with Gasteiger partial charge >= 0.3 is 0 Å². The van der Waals surface area contributed by atoms with Crippen LogP contribution in [0.25, 0.3) is 11.4 Å². The molecule has 6 heteroatoms. The number of nitrogens with two attached hydrogens (primary N) is 1. The molecular weight excluding hydrogens is 290 g/mol. The molecule has 3 aromatic rings. The van der Waals surface area contributed by atoms with Crippen LogP contribution < -0.4 is 11.1 Å². The summed E-state index contributed by atoms with van der Waals surface area (Å²) in [6.07, 6.45) is 1.54. The molecular formula is C17H15N5O. The molecule has 114 valence electrons. The van der Waals surface area contributed by atoms with Crippen LogP contribution in [0.15, 0.2) is 72.0 Å². The average Bonchev–Trinajstić information content (AvgIpc) is 2.62. The van der Waals surface area contributed by atoms with Gasteiger partial charge in [-0.05, 0) is 12.1 Å². The lowest BCUT2D eigenvalue weighted by atomic mass is 10.2. The molecule has 0 radical (unpaired) electrons. The van der Waals surface area contributed by atoms with E-state index in [9.17, 15) is 0 Å². The van der Waals surface area contributed by atoms with E-state index in [0.29, 0.717) is 17.2 Å². The molecule has 2 aromatic carbocycles. The molecule has 0 saturated carbocycles. The quantitative estimate of drug-likeness (QED) is 0.298. The van der Waals surface area contributed by atoms with Gasteiger partial charge in [-0.3, -0.25) is 0 Å². The molecule has 0 spiro atoms. The lowest BCUT2D eigenvalue weighted by Gasteiger charge is -2.11. The van der Waals surface area contributed by atoms with E-state index >= 15 is 0 Å². The minimum atomic E-state index is -0.0527. The van der Waals surface area contributed by atoms with Crippen LogP contribution in [0.3, 0.4) is 0 Å². The minimum absolute atomic E-state index is 0.0527. The number of hydrogen-bond donors (Lipinski definition) is 3. The van der Waals surface area contributed by atoms with Gasteiger partial charge in [0.25, 0.3) is 0 Å². The van der Waals surface area contributed by atoms with Gasteiger partial charge in [0.2, 0.25) is 0 Å². The highest BCUT2D eigenvalue weighted by molar-refractivity contribution is 6.01. The second-order valence-corrected chi connectivity index (χ2v) is 4.80. The molecule has 0 aliphatic heterocycles. The summed E-state index contributed by atoms with van der Waals surface area (Å²) in [5, 5.41) is 15.2. The third-order valence-corrected chi connectivity index (χ3v) is 3.24. The average molecular weight is 305 g/mol. The molecule has 0 fully saturated rings. The predicted molar refractivity (Wildman–Crippen MR) is 89.7 cm³/mol. The minimum Gasteiger partial charge on any atom is -0.409 e. The van der Waals surface area contributed by atoms with E-state index in [1.165, 1.54) is 6.20 Å². The van der Waals surface area contributed by atoms with Gasteiger partial charge in [-0.1, -0.05) is 53.7 Å². The van der Waals surface area contributed by atoms with Gasteiger partial charge < -0.3 is 16.3 Å². The van der Waals surface area contributed by atoms with Crippen LogP contribution >= 0.6 is 0 Å². The molecule has 0 saturated heterocycles. The number of nitrogens with zero attached hydrogens (tertiary/aromatic N) is 3. The largest absolute Gasteiger partial charge is 0.409 e. The van der Waals surface area contributed by atoms with Crippen molar-refractivity contribution in [2.45, 2.75) is 0 Å². The summed E-state index contributed by atoms with van der Waals surface area (Å²) < 4.78 is 0. The lowest BCUT2D eigenvalue weighted by Crippen LogP contribution is -2.17. The Morgan fingerprint density at radius 3 is 2.30 bits per heavy atom. The zero-order valence-corrected chi connectivity index (χ0v) is 12.2. The van der Waals surface area contributed by atoms with Gasteiger partial charge in [-0.15, -0.1) is 0 Å². The Kier molecular flexibility index (Phi) is 4.15. The fourth-order valence-corrected chi connectivity index (χ4v) is 2.10. The Morgan fingerprint density at radius 1 is 1.00 bits per heavy atom. The van der Waals surface area contributed by atoms with Gasteiger partial charge in [-0.25, -0.2) is 9.97 Å². The zero-order valence-electron chi connectivity index (χ0n) is 12.2. The number of anilines is 2. The van der Waals surface area contributed by atoms with Gasteiger partial charge in [0.1, 0.15) is 5.82 Å². The zero-order chi connectivity index (χ0) is 16.1. The topological polar surface area (TPSA) is 96.4 Å². The van der Waals surface area contributed by atoms with Crippen LogP contribution in [-0.2, 0) is 0 Å². The van der Waals surface area contributed by atoms with Crippen molar-refractivity contribution >= 4 is 17.3 Å². The fourth-order valence-electron chi connectivity index (χ4n) is 2.10. The highest BCUT2D eigenvalue weighted by Gasteiger charge is 2.12. The van der Waals surface area contributed by atoms with Crippen LogP contribution in [0.1, 0.15) is 5.56 Å². The van der Waals surface area contributed by atoms with Gasteiger partial charge in [0.15, 0.2) is 11.7 Å². The van der Waals surface area contributed by atoms with E-state index in [0.717, 1.165) is 11.3 Å². The number of oxime groups is 1. The van der Waals surface area contributed by atoms with Crippen molar-refractivity contribution in [2.75, 3.05) is 5.32 Å². The standard InChI is InChI=1S/C17H15N5O/c18-15(22-23)14-11-19-16(12-7-3-1-4-8-12)21-17(14)20-13-9-5-2-6-10-13/h1-11,23H,(H2,18,22)(H,19,20,21). The van der Waals surface area contributed by atoms with Crippen molar-refractivity contribution in [1.82, 2.24) is 9.97 Å². The summed E-state index contributed by atoms with van der Waals surface area (Å²) >= 11 is 0. The number of benzene rings is 2. The third-order valence-electron chi connectivity index (χ3n) is 3.24. The highest BCUT2D eigenvalue weighted by Crippen LogP contribution is 2.22. The van der Waals surface area contributed by atoms with Gasteiger partial charge in [0, 0.05) is 17.4 Å². The summed E-state index contributed by atoms with van der Waals surface area (Å²) in [6, 6.07) is 19.1. The van der Waals surface area contributed by atoms with Crippen molar-refractivity contribution < 1.29 is 5.21 Å². The molecule has 0 aliphatic carbocycles. The Bertz CT molecular complexity index is 819. The molecule has 0 aliphatic rings. The first-order valence-corrected chi connectivity index (χ1v) is 7.00. The van der Waals surface area contributed by atoms with Crippen LogP contribution in [0, 0.1) is 0 Å². The first-order valence-electron chi connectivity index (χ1n) is 7.00. The summed E-state index contributed by atoms with van der Waals surface area (Å²) in [5.41, 5.74) is 7.87. The third kappa shape index (κ3) is 3.26. The molecule has 0 atom stereocenters. The van der Waals surface area contributed by atoms with E-state index in [4.69, 9.17) is 10.9 Å². The van der Waals surface area contributed by atoms with E-state index < -0.39 is 0 Å². The number of rotatable bonds is 4. The van der Waals surface area contributed by atoms with Crippen molar-refractivity contribution in [3.8, 4) is 11.4 Å². The molecule has 0 unspecified atom stereocenters. The number of hydrogen-bond acceptors (Lipinski definition) is 5. The Hall–Kier alpha value is -3.41. The lowest BCUT2D eigenvalue weighted by molar-refractivity contribution is 0.318. The molecule has 23 heavy (non-hydrogen) atoms. The van der Waals surface area contributed by atoms with Crippen molar-refractivity contribution in [2.24, 2.45) is 10.9 Å². The maximum atomic E-state index is 8.94. The number of amidine groups is 1. The van der Waals surface area contributed by atoms with Gasteiger partial charge in [0.05, 0.1) is 5.56 Å². The Balaban J connectivity index is 2.06. The Labute approximate surface area is 133 Å². The smallest absolute Gasteiger partial charge is 0.175 e. The summed E-state index contributed by atoms with van der Waals surface area (Å²) in [4.78, 5) is 8.81. The molecule has 3 rings (SSSR count). The summed E-state index contributed by atoms with van der Waals surface area (Å²) in [7, 11) is 0. The van der Waals surface area contributed by atoms with E-state index in [-0.39, 0.29) is 5.84 Å².